The van der Waals surface area contributed by atoms with E-state index >= 15 is 0 Å². The Bertz CT molecular complexity index is 685. The molecule has 0 bridgehead atoms. The van der Waals surface area contributed by atoms with Crippen LogP contribution in [0.4, 0.5) is 0 Å². The van der Waals surface area contributed by atoms with Gasteiger partial charge in [-0.15, -0.1) is 0 Å². The third kappa shape index (κ3) is 4.85. The van der Waals surface area contributed by atoms with Gasteiger partial charge in [-0.2, -0.15) is 0 Å². The molecule has 0 aliphatic rings. The maximum absolute atomic E-state index is 12.0. The lowest BCUT2D eigenvalue weighted by Crippen LogP contribution is -2.18. The SMILES string of the molecule is Cc1ccc(C(C)C)c(OCC(=O)Oc2ccc(C(C)C)cc2)c1. The molecule has 2 aromatic rings. The summed E-state index contributed by atoms with van der Waals surface area (Å²) in [5, 5.41) is 0. The molecule has 0 heterocycles. The van der Waals surface area contributed by atoms with E-state index in [4.69, 9.17) is 9.47 Å². The second kappa shape index (κ2) is 8.00. The highest BCUT2D eigenvalue weighted by molar-refractivity contribution is 5.74. The van der Waals surface area contributed by atoms with E-state index in [2.05, 4.69) is 33.8 Å². The molecule has 0 unspecified atom stereocenters. The maximum atomic E-state index is 12.0. The molecule has 0 saturated carbocycles. The van der Waals surface area contributed by atoms with Crippen molar-refractivity contribution in [2.24, 2.45) is 0 Å². The summed E-state index contributed by atoms with van der Waals surface area (Å²) in [6.07, 6.45) is 0. The monoisotopic (exact) mass is 326 g/mol. The molecule has 0 aliphatic heterocycles. The van der Waals surface area contributed by atoms with Crippen molar-refractivity contribution in [1.82, 2.24) is 0 Å². The fraction of sp³-hybridized carbons (Fsp3) is 0.381. The average Bonchev–Trinajstić information content (AvgIpc) is 2.53. The first-order valence-electron chi connectivity index (χ1n) is 8.40. The van der Waals surface area contributed by atoms with Crippen LogP contribution in [0.2, 0.25) is 0 Å². The number of carbonyl (C=O) groups is 1. The minimum absolute atomic E-state index is 0.102. The van der Waals surface area contributed by atoms with E-state index in [0.29, 0.717) is 17.6 Å². The van der Waals surface area contributed by atoms with Crippen molar-refractivity contribution in [2.75, 3.05) is 6.61 Å². The van der Waals surface area contributed by atoms with Gasteiger partial charge < -0.3 is 9.47 Å². The van der Waals surface area contributed by atoms with Crippen LogP contribution in [0.5, 0.6) is 11.5 Å². The number of hydrogen-bond acceptors (Lipinski definition) is 3. The van der Waals surface area contributed by atoms with Crippen LogP contribution in [0.3, 0.4) is 0 Å². The molecule has 0 aliphatic carbocycles. The molecule has 24 heavy (non-hydrogen) atoms. The van der Waals surface area contributed by atoms with Crippen LogP contribution < -0.4 is 9.47 Å². The highest BCUT2D eigenvalue weighted by Gasteiger charge is 2.12. The van der Waals surface area contributed by atoms with E-state index in [-0.39, 0.29) is 6.61 Å². The Labute approximate surface area is 144 Å². The Hall–Kier alpha value is -2.29. The number of hydrogen-bond donors (Lipinski definition) is 0. The summed E-state index contributed by atoms with van der Waals surface area (Å²) in [7, 11) is 0. The minimum Gasteiger partial charge on any atom is -0.482 e. The van der Waals surface area contributed by atoms with E-state index in [1.54, 1.807) is 0 Å². The van der Waals surface area contributed by atoms with Gasteiger partial charge in [-0.25, -0.2) is 4.79 Å². The molecule has 0 spiro atoms. The summed E-state index contributed by atoms with van der Waals surface area (Å²) in [4.78, 5) is 12.0. The third-order valence-electron chi connectivity index (χ3n) is 3.92. The van der Waals surface area contributed by atoms with Gasteiger partial charge in [-0.1, -0.05) is 52.0 Å². The molecule has 0 atom stereocenters. The third-order valence-corrected chi connectivity index (χ3v) is 3.92. The number of benzene rings is 2. The van der Waals surface area contributed by atoms with Crippen LogP contribution in [0.15, 0.2) is 42.5 Å². The van der Waals surface area contributed by atoms with Gasteiger partial charge >= 0.3 is 5.97 Å². The van der Waals surface area contributed by atoms with Crippen LogP contribution in [0.25, 0.3) is 0 Å². The molecular weight excluding hydrogens is 300 g/mol. The van der Waals surface area contributed by atoms with Gasteiger partial charge in [0.05, 0.1) is 0 Å². The zero-order chi connectivity index (χ0) is 17.7. The van der Waals surface area contributed by atoms with E-state index in [1.807, 2.05) is 43.3 Å². The summed E-state index contributed by atoms with van der Waals surface area (Å²) in [6.45, 7) is 10.4. The lowest BCUT2D eigenvalue weighted by Gasteiger charge is -2.14. The van der Waals surface area contributed by atoms with Gasteiger partial charge in [0.15, 0.2) is 6.61 Å². The Morgan fingerprint density at radius 3 is 2.21 bits per heavy atom. The van der Waals surface area contributed by atoms with Crippen LogP contribution in [-0.2, 0) is 4.79 Å². The number of esters is 1. The first-order valence-corrected chi connectivity index (χ1v) is 8.40. The maximum Gasteiger partial charge on any atom is 0.349 e. The molecule has 0 fully saturated rings. The number of rotatable bonds is 6. The second-order valence-corrected chi connectivity index (χ2v) is 6.68. The normalized spacial score (nSPS) is 11.0. The zero-order valence-corrected chi connectivity index (χ0v) is 15.1. The van der Waals surface area contributed by atoms with E-state index in [9.17, 15) is 4.79 Å². The zero-order valence-electron chi connectivity index (χ0n) is 15.1. The summed E-state index contributed by atoms with van der Waals surface area (Å²) >= 11 is 0. The molecule has 0 saturated heterocycles. The summed E-state index contributed by atoms with van der Waals surface area (Å²) in [6, 6.07) is 13.7. The first-order chi connectivity index (χ1) is 11.4. The fourth-order valence-corrected chi connectivity index (χ4v) is 2.46. The van der Waals surface area contributed by atoms with Crippen LogP contribution in [0, 0.1) is 6.92 Å². The van der Waals surface area contributed by atoms with E-state index in [1.165, 1.54) is 5.56 Å². The van der Waals surface area contributed by atoms with Gasteiger partial charge in [0.1, 0.15) is 11.5 Å². The molecule has 2 rings (SSSR count). The number of ether oxygens (including phenoxy) is 2. The van der Waals surface area contributed by atoms with Crippen molar-refractivity contribution < 1.29 is 14.3 Å². The topological polar surface area (TPSA) is 35.5 Å². The Morgan fingerprint density at radius 2 is 1.62 bits per heavy atom. The highest BCUT2D eigenvalue weighted by Crippen LogP contribution is 2.27. The van der Waals surface area contributed by atoms with Gasteiger partial charge in [0.25, 0.3) is 0 Å². The van der Waals surface area contributed by atoms with Crippen molar-refractivity contribution in [3.05, 3.63) is 59.2 Å². The standard InChI is InChI=1S/C21H26O3/c1-14(2)17-7-9-18(10-8-17)24-21(22)13-23-20-12-16(5)6-11-19(20)15(3)4/h6-12,14-15H,13H2,1-5H3. The molecule has 0 aromatic heterocycles. The molecule has 3 nitrogen and oxygen atoms in total. The molecule has 0 amide bonds. The Kier molecular flexibility index (Phi) is 6.02. The van der Waals surface area contributed by atoms with E-state index < -0.39 is 5.97 Å². The van der Waals surface area contributed by atoms with Crippen molar-refractivity contribution in [3.63, 3.8) is 0 Å². The van der Waals surface area contributed by atoms with Crippen molar-refractivity contribution in [3.8, 4) is 11.5 Å². The highest BCUT2D eigenvalue weighted by atomic mass is 16.6. The molecule has 3 heteroatoms. The van der Waals surface area contributed by atoms with Crippen LogP contribution >= 0.6 is 0 Å². The van der Waals surface area contributed by atoms with Crippen LogP contribution in [0.1, 0.15) is 56.2 Å². The van der Waals surface area contributed by atoms with Gasteiger partial charge in [-0.05, 0) is 53.6 Å². The smallest absolute Gasteiger partial charge is 0.349 e. The second-order valence-electron chi connectivity index (χ2n) is 6.68. The van der Waals surface area contributed by atoms with Gasteiger partial charge in [-0.3, -0.25) is 0 Å². The number of carbonyl (C=O) groups excluding carboxylic acids is 1. The molecule has 128 valence electrons. The first kappa shape index (κ1) is 18.1. The largest absolute Gasteiger partial charge is 0.482 e. The molecular formula is C21H26O3. The predicted molar refractivity (Wildman–Crippen MR) is 96.9 cm³/mol. The average molecular weight is 326 g/mol. The fourth-order valence-electron chi connectivity index (χ4n) is 2.46. The summed E-state index contributed by atoms with van der Waals surface area (Å²) in [5.74, 6) is 1.68. The Morgan fingerprint density at radius 1 is 0.958 bits per heavy atom. The Balaban J connectivity index is 1.97. The van der Waals surface area contributed by atoms with Crippen molar-refractivity contribution in [1.29, 1.82) is 0 Å². The van der Waals surface area contributed by atoms with Gasteiger partial charge in [0.2, 0.25) is 0 Å². The van der Waals surface area contributed by atoms with E-state index in [0.717, 1.165) is 16.9 Å². The summed E-state index contributed by atoms with van der Waals surface area (Å²) in [5.41, 5.74) is 3.41. The molecule has 0 radical (unpaired) electrons. The molecule has 0 N–H and O–H groups in total. The number of aryl methyl sites for hydroxylation is 1. The predicted octanol–water partition coefficient (Wildman–Crippen LogP) is 5.23. The quantitative estimate of drug-likeness (QED) is 0.539. The lowest BCUT2D eigenvalue weighted by atomic mass is 10.0. The van der Waals surface area contributed by atoms with Crippen LogP contribution in [-0.4, -0.2) is 12.6 Å². The van der Waals surface area contributed by atoms with Crippen molar-refractivity contribution >= 4 is 5.97 Å². The molecule has 2 aromatic carbocycles. The van der Waals surface area contributed by atoms with Crippen molar-refractivity contribution in [2.45, 2.75) is 46.5 Å². The minimum atomic E-state index is -0.400. The van der Waals surface area contributed by atoms with Gasteiger partial charge in [0, 0.05) is 0 Å². The summed E-state index contributed by atoms with van der Waals surface area (Å²) < 4.78 is 11.0. The lowest BCUT2D eigenvalue weighted by molar-refractivity contribution is -0.136.